The van der Waals surface area contributed by atoms with E-state index in [2.05, 4.69) is 45.1 Å². The van der Waals surface area contributed by atoms with Crippen molar-refractivity contribution in [2.24, 2.45) is 5.92 Å². The van der Waals surface area contributed by atoms with Crippen molar-refractivity contribution < 1.29 is 4.79 Å². The minimum Gasteiger partial charge on any atom is -0.339 e. The number of aryl methyl sites for hydroxylation is 1. The van der Waals surface area contributed by atoms with E-state index in [1.165, 1.54) is 30.4 Å². The van der Waals surface area contributed by atoms with Gasteiger partial charge in [0.05, 0.1) is 0 Å². The molecule has 2 aliphatic rings. The molecule has 1 heterocycles. The Morgan fingerprint density at radius 2 is 2.05 bits per heavy atom. The Bertz CT molecular complexity index is 502. The van der Waals surface area contributed by atoms with Gasteiger partial charge in [-0.15, -0.1) is 0 Å². The normalized spacial score (nSPS) is 24.9. The molecule has 2 unspecified atom stereocenters. The lowest BCUT2D eigenvalue weighted by Crippen LogP contribution is -2.41. The van der Waals surface area contributed by atoms with E-state index >= 15 is 0 Å². The molecule has 1 fully saturated rings. The summed E-state index contributed by atoms with van der Waals surface area (Å²) in [6, 6.07) is 9.11. The molecule has 0 radical (unpaired) electrons. The lowest BCUT2D eigenvalue weighted by Gasteiger charge is -2.31. The quantitative estimate of drug-likeness (QED) is 0.753. The van der Waals surface area contributed by atoms with E-state index in [1.807, 2.05) is 0 Å². The molecule has 114 valence electrons. The zero-order chi connectivity index (χ0) is 14.7. The average molecular weight is 350 g/mol. The van der Waals surface area contributed by atoms with E-state index in [4.69, 9.17) is 0 Å². The van der Waals surface area contributed by atoms with Crippen LogP contribution in [0.2, 0.25) is 0 Å². The van der Waals surface area contributed by atoms with Crippen LogP contribution >= 0.6 is 15.9 Å². The van der Waals surface area contributed by atoms with E-state index in [0.717, 1.165) is 37.6 Å². The molecule has 2 nitrogen and oxygen atoms in total. The van der Waals surface area contributed by atoms with Gasteiger partial charge in [-0.2, -0.15) is 0 Å². The molecule has 1 saturated heterocycles. The molecule has 21 heavy (non-hydrogen) atoms. The van der Waals surface area contributed by atoms with Crippen molar-refractivity contribution >= 4 is 21.8 Å². The first-order chi connectivity index (χ1) is 10.3. The number of likely N-dealkylation sites (tertiary alicyclic amines) is 1. The highest BCUT2D eigenvalue weighted by Gasteiger charge is 2.34. The summed E-state index contributed by atoms with van der Waals surface area (Å²) < 4.78 is 0. The molecule has 2 atom stereocenters. The monoisotopic (exact) mass is 349 g/mol. The Morgan fingerprint density at radius 3 is 2.86 bits per heavy atom. The fourth-order valence-corrected chi connectivity index (χ4v) is 4.21. The highest BCUT2D eigenvalue weighted by atomic mass is 79.9. The molecule has 0 spiro atoms. The number of amides is 1. The second kappa shape index (κ2) is 6.95. The number of alkyl halides is 1. The van der Waals surface area contributed by atoms with Gasteiger partial charge in [-0.3, -0.25) is 4.79 Å². The van der Waals surface area contributed by atoms with Gasteiger partial charge in [-0.05, 0) is 56.1 Å². The van der Waals surface area contributed by atoms with Gasteiger partial charge in [0.25, 0.3) is 0 Å². The van der Waals surface area contributed by atoms with Crippen molar-refractivity contribution in [2.75, 3.05) is 11.9 Å². The van der Waals surface area contributed by atoms with Crippen molar-refractivity contribution in [2.45, 2.75) is 51.0 Å². The maximum absolute atomic E-state index is 12.9. The Labute approximate surface area is 136 Å². The second-order valence-corrected chi connectivity index (χ2v) is 7.16. The third-order valence-corrected chi connectivity index (χ3v) is 5.59. The summed E-state index contributed by atoms with van der Waals surface area (Å²) in [6.45, 7) is 0.976. The van der Waals surface area contributed by atoms with Crippen LogP contribution in [0.5, 0.6) is 0 Å². The number of halogens is 1. The molecule has 0 bridgehead atoms. The maximum Gasteiger partial charge on any atom is 0.226 e. The smallest absolute Gasteiger partial charge is 0.226 e. The number of rotatable bonds is 4. The van der Waals surface area contributed by atoms with Gasteiger partial charge in [-0.25, -0.2) is 0 Å². The highest BCUT2D eigenvalue weighted by Crippen LogP contribution is 2.30. The predicted molar refractivity (Wildman–Crippen MR) is 89.7 cm³/mol. The van der Waals surface area contributed by atoms with Crippen LogP contribution in [0.4, 0.5) is 0 Å². The van der Waals surface area contributed by atoms with E-state index in [9.17, 15) is 4.79 Å². The summed E-state index contributed by atoms with van der Waals surface area (Å²) in [6.07, 6.45) is 7.73. The first kappa shape index (κ1) is 15.1. The van der Waals surface area contributed by atoms with Crippen LogP contribution in [0.15, 0.2) is 24.3 Å². The molecular weight excluding hydrogens is 326 g/mol. The van der Waals surface area contributed by atoms with Crippen molar-refractivity contribution in [3.63, 3.8) is 0 Å². The van der Waals surface area contributed by atoms with E-state index in [-0.39, 0.29) is 5.92 Å². The third-order valence-electron chi connectivity index (χ3n) is 5.03. The first-order valence-electron chi connectivity index (χ1n) is 8.23. The molecule has 1 aliphatic heterocycles. The van der Waals surface area contributed by atoms with Gasteiger partial charge < -0.3 is 4.90 Å². The minimum absolute atomic E-state index is 0.212. The van der Waals surface area contributed by atoms with Crippen LogP contribution in [0.25, 0.3) is 0 Å². The number of benzene rings is 1. The van der Waals surface area contributed by atoms with Gasteiger partial charge in [0, 0.05) is 23.8 Å². The van der Waals surface area contributed by atoms with Gasteiger partial charge in [0.15, 0.2) is 0 Å². The molecular formula is C18H24BrNO. The fourth-order valence-electron chi connectivity index (χ4n) is 3.88. The molecule has 1 aliphatic carbocycles. The number of fused-ring (bicyclic) bond motifs is 1. The van der Waals surface area contributed by atoms with Gasteiger partial charge in [-0.1, -0.05) is 40.2 Å². The van der Waals surface area contributed by atoms with Gasteiger partial charge >= 0.3 is 0 Å². The highest BCUT2D eigenvalue weighted by molar-refractivity contribution is 9.09. The lowest BCUT2D eigenvalue weighted by atomic mass is 9.83. The summed E-state index contributed by atoms with van der Waals surface area (Å²) in [7, 11) is 0. The van der Waals surface area contributed by atoms with E-state index < -0.39 is 0 Å². The first-order valence-corrected chi connectivity index (χ1v) is 9.35. The molecule has 0 aromatic heterocycles. The number of nitrogens with zero attached hydrogens (tertiary/aromatic N) is 1. The minimum atomic E-state index is 0.212. The topological polar surface area (TPSA) is 20.3 Å². The largest absolute Gasteiger partial charge is 0.339 e. The summed E-state index contributed by atoms with van der Waals surface area (Å²) in [5, 5.41) is 1.04. The average Bonchev–Trinajstić information content (AvgIpc) is 3.00. The number of carbonyl (C=O) groups is 1. The SMILES string of the molecule is O=C(C1CCc2ccccc2C1)N1CCCC1CCCBr. The van der Waals surface area contributed by atoms with Crippen LogP contribution in [-0.4, -0.2) is 28.7 Å². The number of hydrogen-bond acceptors (Lipinski definition) is 1. The van der Waals surface area contributed by atoms with Crippen LogP contribution in [-0.2, 0) is 17.6 Å². The fraction of sp³-hybridized carbons (Fsp3) is 0.611. The summed E-state index contributed by atoms with van der Waals surface area (Å²) in [4.78, 5) is 15.1. The van der Waals surface area contributed by atoms with Crippen LogP contribution < -0.4 is 0 Å². The molecule has 0 N–H and O–H groups in total. The van der Waals surface area contributed by atoms with Gasteiger partial charge in [0.2, 0.25) is 5.91 Å². The Hall–Kier alpha value is -0.830. The van der Waals surface area contributed by atoms with Crippen molar-refractivity contribution in [1.29, 1.82) is 0 Å². The summed E-state index contributed by atoms with van der Waals surface area (Å²) >= 11 is 3.50. The lowest BCUT2D eigenvalue weighted by molar-refractivity contribution is -0.136. The van der Waals surface area contributed by atoms with Crippen molar-refractivity contribution in [3.8, 4) is 0 Å². The maximum atomic E-state index is 12.9. The zero-order valence-corrected chi connectivity index (χ0v) is 14.1. The predicted octanol–water partition coefficient (Wildman–Crippen LogP) is 3.96. The van der Waals surface area contributed by atoms with Crippen LogP contribution in [0.3, 0.4) is 0 Å². The van der Waals surface area contributed by atoms with Crippen LogP contribution in [0.1, 0.15) is 43.2 Å². The third kappa shape index (κ3) is 3.33. The Balaban J connectivity index is 1.66. The molecule has 3 rings (SSSR count). The molecule has 3 heteroatoms. The van der Waals surface area contributed by atoms with E-state index in [1.54, 1.807) is 0 Å². The zero-order valence-electron chi connectivity index (χ0n) is 12.6. The summed E-state index contributed by atoms with van der Waals surface area (Å²) in [5.74, 6) is 0.631. The second-order valence-electron chi connectivity index (χ2n) is 6.37. The standard InChI is InChI=1S/C18H24BrNO/c19-11-3-7-17-8-4-12-20(17)18(21)16-10-9-14-5-1-2-6-15(14)13-16/h1-2,5-6,16-17H,3-4,7-13H2. The van der Waals surface area contributed by atoms with Crippen LogP contribution in [0, 0.1) is 5.92 Å². The Kier molecular flexibility index (Phi) is 4.99. The molecule has 1 amide bonds. The molecule has 1 aromatic rings. The number of carbonyl (C=O) groups excluding carboxylic acids is 1. The number of hydrogen-bond donors (Lipinski definition) is 0. The van der Waals surface area contributed by atoms with E-state index in [0.29, 0.717) is 11.9 Å². The molecule has 0 saturated carbocycles. The Morgan fingerprint density at radius 1 is 1.24 bits per heavy atom. The summed E-state index contributed by atoms with van der Waals surface area (Å²) in [5.41, 5.74) is 2.83. The van der Waals surface area contributed by atoms with Crippen molar-refractivity contribution in [1.82, 2.24) is 4.90 Å². The van der Waals surface area contributed by atoms with Crippen molar-refractivity contribution in [3.05, 3.63) is 35.4 Å². The molecule has 1 aromatic carbocycles. The van der Waals surface area contributed by atoms with Gasteiger partial charge in [0.1, 0.15) is 0 Å².